The summed E-state index contributed by atoms with van der Waals surface area (Å²) < 4.78 is 0. The second-order valence-corrected chi connectivity index (χ2v) is 7.14. The Balaban J connectivity index is 0. The number of likely N-dealkylation sites (tertiary alicyclic amines) is 1. The fraction of sp³-hybridized carbons (Fsp3) is 0.947. The summed E-state index contributed by atoms with van der Waals surface area (Å²) in [5.74, 6) is 0.772. The van der Waals surface area contributed by atoms with E-state index in [1.807, 2.05) is 13.8 Å². The van der Waals surface area contributed by atoms with Crippen LogP contribution in [-0.4, -0.2) is 36.5 Å². The van der Waals surface area contributed by atoms with Crippen LogP contribution in [0.25, 0.3) is 0 Å². The predicted molar refractivity (Wildman–Crippen MR) is 99.2 cm³/mol. The molecule has 1 aliphatic rings. The van der Waals surface area contributed by atoms with Gasteiger partial charge in [-0.1, -0.05) is 60.3 Å². The molecule has 1 N–H and O–H groups in total. The van der Waals surface area contributed by atoms with Crippen molar-refractivity contribution in [2.24, 2.45) is 11.8 Å². The molecule has 0 aromatic rings. The first-order valence-electron chi connectivity index (χ1n) is 9.45. The normalized spacial score (nSPS) is 18.9. The number of hydrogen-bond donors (Lipinski definition) is 1. The average Bonchev–Trinajstić information content (AvgIpc) is 2.75. The standard InChI is InChI=1S/C15H30N2O.C4H10.H2/c1-12(2)15(18)16-14(4)13(3)11-17-9-7-5-6-8-10-17;1-3-4-2;/h12-14H,5-11H2,1-4H3,(H,16,18);3-4H2,1-2H3;1H/t13-,14+;;/m0../s1. The molecule has 1 fully saturated rings. The van der Waals surface area contributed by atoms with E-state index in [0.717, 1.165) is 6.54 Å². The van der Waals surface area contributed by atoms with E-state index in [1.165, 1.54) is 51.6 Å². The molecule has 134 valence electrons. The third-order valence-corrected chi connectivity index (χ3v) is 4.49. The quantitative estimate of drug-likeness (QED) is 0.770. The lowest BCUT2D eigenvalue weighted by Gasteiger charge is -2.28. The number of rotatable bonds is 6. The molecule has 3 heteroatoms. The predicted octanol–water partition coefficient (Wildman–Crippen LogP) is 4.71. The van der Waals surface area contributed by atoms with Gasteiger partial charge in [0.25, 0.3) is 0 Å². The summed E-state index contributed by atoms with van der Waals surface area (Å²) in [7, 11) is 0. The zero-order chi connectivity index (χ0) is 17.0. The molecule has 1 amide bonds. The largest absolute Gasteiger partial charge is 0.353 e. The van der Waals surface area contributed by atoms with E-state index < -0.39 is 0 Å². The number of nitrogens with zero attached hydrogens (tertiary/aromatic N) is 1. The first-order valence-corrected chi connectivity index (χ1v) is 9.45. The smallest absolute Gasteiger partial charge is 0.222 e. The number of carbonyl (C=O) groups excluding carboxylic acids is 1. The molecule has 3 nitrogen and oxygen atoms in total. The van der Waals surface area contributed by atoms with Gasteiger partial charge in [-0.3, -0.25) is 4.79 Å². The van der Waals surface area contributed by atoms with Gasteiger partial charge < -0.3 is 10.2 Å². The Morgan fingerprint density at radius 1 is 1.00 bits per heavy atom. The van der Waals surface area contributed by atoms with Crippen LogP contribution in [0.3, 0.4) is 0 Å². The molecule has 0 aromatic carbocycles. The van der Waals surface area contributed by atoms with Gasteiger partial charge in [0, 0.05) is 19.9 Å². The number of nitrogens with one attached hydrogen (secondary N) is 1. The van der Waals surface area contributed by atoms with Crippen molar-refractivity contribution in [3.05, 3.63) is 0 Å². The van der Waals surface area contributed by atoms with Crippen molar-refractivity contribution in [2.45, 2.75) is 86.1 Å². The number of hydrogen-bond acceptors (Lipinski definition) is 2. The Hall–Kier alpha value is -0.570. The van der Waals surface area contributed by atoms with Crippen LogP contribution >= 0.6 is 0 Å². The van der Waals surface area contributed by atoms with E-state index in [1.54, 1.807) is 0 Å². The van der Waals surface area contributed by atoms with Crippen molar-refractivity contribution < 1.29 is 6.22 Å². The highest BCUT2D eigenvalue weighted by atomic mass is 16.1. The first kappa shape index (κ1) is 21.4. The van der Waals surface area contributed by atoms with E-state index in [2.05, 4.69) is 37.9 Å². The maximum Gasteiger partial charge on any atom is 0.222 e. The van der Waals surface area contributed by atoms with Gasteiger partial charge >= 0.3 is 0 Å². The molecule has 0 spiro atoms. The fourth-order valence-corrected chi connectivity index (χ4v) is 2.42. The molecular formula is C19H42N2O. The summed E-state index contributed by atoms with van der Waals surface area (Å²) in [6, 6.07) is 0.267. The van der Waals surface area contributed by atoms with Crippen LogP contribution in [0.2, 0.25) is 0 Å². The molecule has 1 rings (SSSR count). The lowest BCUT2D eigenvalue weighted by molar-refractivity contribution is -0.124. The van der Waals surface area contributed by atoms with Crippen LogP contribution in [0.15, 0.2) is 0 Å². The van der Waals surface area contributed by atoms with Crippen LogP contribution in [-0.2, 0) is 4.79 Å². The summed E-state index contributed by atoms with van der Waals surface area (Å²) in [5, 5.41) is 3.12. The summed E-state index contributed by atoms with van der Waals surface area (Å²) in [5.41, 5.74) is 0. The highest BCUT2D eigenvalue weighted by Crippen LogP contribution is 2.13. The topological polar surface area (TPSA) is 32.3 Å². The van der Waals surface area contributed by atoms with E-state index in [9.17, 15) is 4.79 Å². The lowest BCUT2D eigenvalue weighted by atomic mass is 10.0. The van der Waals surface area contributed by atoms with Crippen molar-refractivity contribution in [3.8, 4) is 0 Å². The van der Waals surface area contributed by atoms with Crippen LogP contribution in [0.4, 0.5) is 0 Å². The van der Waals surface area contributed by atoms with Crippen molar-refractivity contribution in [2.75, 3.05) is 19.6 Å². The molecule has 22 heavy (non-hydrogen) atoms. The Morgan fingerprint density at radius 2 is 1.50 bits per heavy atom. The molecule has 1 heterocycles. The van der Waals surface area contributed by atoms with Gasteiger partial charge in [-0.2, -0.15) is 0 Å². The third kappa shape index (κ3) is 10.2. The Labute approximate surface area is 140 Å². The van der Waals surface area contributed by atoms with Gasteiger partial charge in [-0.05, 0) is 38.8 Å². The second-order valence-electron chi connectivity index (χ2n) is 7.14. The van der Waals surface area contributed by atoms with Crippen LogP contribution < -0.4 is 5.32 Å². The zero-order valence-corrected chi connectivity index (χ0v) is 16.0. The molecule has 0 radical (unpaired) electrons. The van der Waals surface area contributed by atoms with Gasteiger partial charge in [0.2, 0.25) is 5.91 Å². The van der Waals surface area contributed by atoms with Gasteiger partial charge in [0.05, 0.1) is 0 Å². The second kappa shape index (κ2) is 12.9. The first-order chi connectivity index (χ1) is 10.4. The maximum absolute atomic E-state index is 11.7. The fourth-order valence-electron chi connectivity index (χ4n) is 2.42. The van der Waals surface area contributed by atoms with Crippen molar-refractivity contribution >= 4 is 5.91 Å². The molecule has 0 unspecified atom stereocenters. The molecule has 0 saturated carbocycles. The van der Waals surface area contributed by atoms with E-state index >= 15 is 0 Å². The van der Waals surface area contributed by atoms with Gasteiger partial charge in [0.15, 0.2) is 0 Å². The summed E-state index contributed by atoms with van der Waals surface area (Å²) >= 11 is 0. The zero-order valence-electron chi connectivity index (χ0n) is 16.0. The minimum Gasteiger partial charge on any atom is -0.353 e. The van der Waals surface area contributed by atoms with Crippen molar-refractivity contribution in [1.82, 2.24) is 10.2 Å². The minimum atomic E-state index is 0. The van der Waals surface area contributed by atoms with E-state index in [-0.39, 0.29) is 19.3 Å². The van der Waals surface area contributed by atoms with Crippen LogP contribution in [0, 0.1) is 11.8 Å². The van der Waals surface area contributed by atoms with Gasteiger partial charge in [-0.25, -0.2) is 0 Å². The highest BCUT2D eigenvalue weighted by molar-refractivity contribution is 5.78. The summed E-state index contributed by atoms with van der Waals surface area (Å²) in [6.07, 6.45) is 8.06. The van der Waals surface area contributed by atoms with E-state index in [0.29, 0.717) is 5.92 Å². The van der Waals surface area contributed by atoms with E-state index in [4.69, 9.17) is 0 Å². The molecule has 0 bridgehead atoms. The molecule has 1 saturated heterocycles. The number of carbonyl (C=O) groups is 1. The molecule has 0 aromatic heterocycles. The Bertz CT molecular complexity index is 275. The molecule has 2 atom stereocenters. The summed E-state index contributed by atoms with van der Waals surface area (Å²) in [6.45, 7) is 16.2. The average molecular weight is 315 g/mol. The molecular weight excluding hydrogens is 272 g/mol. The number of amides is 1. The third-order valence-electron chi connectivity index (χ3n) is 4.49. The number of unbranched alkanes of at least 4 members (excludes halogenated alkanes) is 1. The van der Waals surface area contributed by atoms with Crippen LogP contribution in [0.1, 0.15) is 81.5 Å². The Kier molecular flexibility index (Phi) is 12.6. The Morgan fingerprint density at radius 3 is 1.91 bits per heavy atom. The monoisotopic (exact) mass is 314 g/mol. The SMILES string of the molecule is CC(C)C(=O)N[C@H](C)[C@@H](C)CN1CCCCCC1.CCCC.[HH]. The minimum absolute atomic E-state index is 0. The maximum atomic E-state index is 11.7. The van der Waals surface area contributed by atoms with Crippen LogP contribution in [0.5, 0.6) is 0 Å². The van der Waals surface area contributed by atoms with Gasteiger partial charge in [0.1, 0.15) is 0 Å². The summed E-state index contributed by atoms with van der Waals surface area (Å²) in [4.78, 5) is 14.2. The molecule has 1 aliphatic heterocycles. The lowest BCUT2D eigenvalue weighted by Crippen LogP contribution is -2.43. The van der Waals surface area contributed by atoms with Crippen molar-refractivity contribution in [1.29, 1.82) is 0 Å². The highest BCUT2D eigenvalue weighted by Gasteiger charge is 2.19. The molecule has 0 aliphatic carbocycles. The van der Waals surface area contributed by atoms with Gasteiger partial charge in [-0.15, -0.1) is 0 Å². The van der Waals surface area contributed by atoms with Crippen molar-refractivity contribution in [3.63, 3.8) is 0 Å².